The molecule has 27 heavy (non-hydrogen) atoms. The molecule has 0 bridgehead atoms. The van der Waals surface area contributed by atoms with E-state index in [1.165, 1.54) is 12.1 Å². The van der Waals surface area contributed by atoms with Gasteiger partial charge in [0.25, 0.3) is 0 Å². The molecule has 2 unspecified atom stereocenters. The molecule has 0 aromatic heterocycles. The molecule has 0 radical (unpaired) electrons. The number of halogens is 1. The van der Waals surface area contributed by atoms with Gasteiger partial charge in [0, 0.05) is 20.1 Å². The maximum Gasteiger partial charge on any atom is 0.410 e. The SMILES string of the molecule is COC1(O[Si](C)(C)C)CCCN(C(=O)OC(C)(C)C)C1c1ccc(F)cc1. The average Bonchev–Trinajstić information content (AvgIpc) is 2.52. The summed E-state index contributed by atoms with van der Waals surface area (Å²) in [6.07, 6.45) is 0.960. The molecule has 2 atom stereocenters. The van der Waals surface area contributed by atoms with E-state index in [9.17, 15) is 9.18 Å². The van der Waals surface area contributed by atoms with Gasteiger partial charge in [-0.2, -0.15) is 0 Å². The van der Waals surface area contributed by atoms with Crippen LogP contribution in [-0.2, 0) is 13.9 Å². The number of piperidine rings is 1. The van der Waals surface area contributed by atoms with Crippen LogP contribution in [-0.4, -0.2) is 44.4 Å². The number of rotatable bonds is 4. The van der Waals surface area contributed by atoms with Crippen LogP contribution in [0.1, 0.15) is 45.2 Å². The summed E-state index contributed by atoms with van der Waals surface area (Å²) in [5, 5.41) is 0. The Bertz CT molecular complexity index is 653. The van der Waals surface area contributed by atoms with Gasteiger partial charge >= 0.3 is 6.09 Å². The second kappa shape index (κ2) is 7.89. The van der Waals surface area contributed by atoms with Gasteiger partial charge < -0.3 is 13.9 Å². The highest BCUT2D eigenvalue weighted by molar-refractivity contribution is 6.69. The summed E-state index contributed by atoms with van der Waals surface area (Å²) in [6.45, 7) is 12.3. The molecule has 1 aromatic carbocycles. The van der Waals surface area contributed by atoms with Crippen molar-refractivity contribution in [3.63, 3.8) is 0 Å². The normalized spacial score (nSPS) is 24.0. The summed E-state index contributed by atoms with van der Waals surface area (Å²) in [6, 6.07) is 5.64. The number of ether oxygens (including phenoxy) is 2. The molecule has 0 aliphatic carbocycles. The molecule has 1 fully saturated rings. The molecule has 7 heteroatoms. The Balaban J connectivity index is 2.51. The molecule has 2 rings (SSSR count). The fourth-order valence-electron chi connectivity index (χ4n) is 3.48. The highest BCUT2D eigenvalue weighted by Gasteiger charge is 2.51. The predicted molar refractivity (Wildman–Crippen MR) is 105 cm³/mol. The fraction of sp³-hybridized carbons (Fsp3) is 0.650. The van der Waals surface area contributed by atoms with Crippen molar-refractivity contribution in [2.45, 2.75) is 70.7 Å². The third kappa shape index (κ3) is 5.52. The minimum atomic E-state index is -2.01. The van der Waals surface area contributed by atoms with Gasteiger partial charge in [-0.05, 0) is 64.5 Å². The number of carbonyl (C=O) groups is 1. The van der Waals surface area contributed by atoms with Gasteiger partial charge in [0.05, 0.1) is 0 Å². The van der Waals surface area contributed by atoms with Crippen LogP contribution >= 0.6 is 0 Å². The Morgan fingerprint density at radius 3 is 2.30 bits per heavy atom. The van der Waals surface area contributed by atoms with E-state index in [2.05, 4.69) is 19.6 Å². The monoisotopic (exact) mass is 397 g/mol. The first-order chi connectivity index (χ1) is 12.4. The highest BCUT2D eigenvalue weighted by atomic mass is 28.4. The molecule has 1 heterocycles. The van der Waals surface area contributed by atoms with Crippen LogP contribution in [0.2, 0.25) is 19.6 Å². The quantitative estimate of drug-likeness (QED) is 0.524. The zero-order valence-electron chi connectivity index (χ0n) is 17.5. The number of methoxy groups -OCH3 is 1. The summed E-state index contributed by atoms with van der Waals surface area (Å²) < 4.78 is 31.6. The topological polar surface area (TPSA) is 48.0 Å². The summed E-state index contributed by atoms with van der Waals surface area (Å²) >= 11 is 0. The second-order valence-corrected chi connectivity index (χ2v) is 13.4. The standard InChI is InChI=1S/C20H32FNO4Si/c1-19(2,3)25-18(23)22-14-8-13-20(24-4,26-27(5,6)7)17(22)15-9-11-16(21)12-10-15/h9-12,17H,8,13-14H2,1-7H3. The lowest BCUT2D eigenvalue weighted by atomic mass is 9.89. The van der Waals surface area contributed by atoms with E-state index >= 15 is 0 Å². The van der Waals surface area contributed by atoms with Crippen molar-refractivity contribution in [2.75, 3.05) is 13.7 Å². The van der Waals surface area contributed by atoms with Crippen LogP contribution in [0, 0.1) is 5.82 Å². The zero-order valence-corrected chi connectivity index (χ0v) is 18.5. The Hall–Kier alpha value is -1.44. The average molecular weight is 398 g/mol. The number of amides is 1. The zero-order chi connectivity index (χ0) is 20.5. The van der Waals surface area contributed by atoms with Crippen molar-refractivity contribution in [3.05, 3.63) is 35.6 Å². The van der Waals surface area contributed by atoms with Gasteiger partial charge in [0.15, 0.2) is 14.1 Å². The van der Waals surface area contributed by atoms with E-state index in [1.807, 2.05) is 20.8 Å². The predicted octanol–water partition coefficient (Wildman–Crippen LogP) is 5.09. The van der Waals surface area contributed by atoms with E-state index in [4.69, 9.17) is 13.9 Å². The number of likely N-dealkylation sites (tertiary alicyclic amines) is 1. The number of nitrogens with zero attached hydrogens (tertiary/aromatic N) is 1. The highest BCUT2D eigenvalue weighted by Crippen LogP contribution is 2.44. The summed E-state index contributed by atoms with van der Waals surface area (Å²) in [5.74, 6) is -1.32. The van der Waals surface area contributed by atoms with Crippen molar-refractivity contribution >= 4 is 14.4 Å². The molecule has 0 spiro atoms. The summed E-state index contributed by atoms with van der Waals surface area (Å²) in [4.78, 5) is 14.6. The van der Waals surface area contributed by atoms with Crippen molar-refractivity contribution in [2.24, 2.45) is 0 Å². The van der Waals surface area contributed by atoms with Gasteiger partial charge in [0.1, 0.15) is 17.5 Å². The molecular formula is C20H32FNO4Si. The molecule has 1 aliphatic rings. The minimum Gasteiger partial charge on any atom is -0.444 e. The lowest BCUT2D eigenvalue weighted by Crippen LogP contribution is -2.58. The van der Waals surface area contributed by atoms with E-state index in [0.29, 0.717) is 13.0 Å². The number of benzene rings is 1. The van der Waals surface area contributed by atoms with Crippen LogP contribution in [0.3, 0.4) is 0 Å². The first-order valence-electron chi connectivity index (χ1n) is 9.37. The van der Waals surface area contributed by atoms with Crippen LogP contribution in [0.4, 0.5) is 9.18 Å². The van der Waals surface area contributed by atoms with Gasteiger partial charge in [0.2, 0.25) is 0 Å². The second-order valence-electron chi connectivity index (χ2n) is 8.96. The Kier molecular flexibility index (Phi) is 6.39. The molecule has 5 nitrogen and oxygen atoms in total. The van der Waals surface area contributed by atoms with Crippen LogP contribution < -0.4 is 0 Å². The Morgan fingerprint density at radius 2 is 1.81 bits per heavy atom. The van der Waals surface area contributed by atoms with E-state index in [-0.39, 0.29) is 5.82 Å². The first-order valence-corrected chi connectivity index (χ1v) is 12.8. The van der Waals surface area contributed by atoms with Crippen molar-refractivity contribution in [3.8, 4) is 0 Å². The van der Waals surface area contributed by atoms with Gasteiger partial charge in [-0.15, -0.1) is 0 Å². The van der Waals surface area contributed by atoms with Crippen molar-refractivity contribution in [1.82, 2.24) is 4.90 Å². The maximum atomic E-state index is 13.5. The maximum absolute atomic E-state index is 13.5. The van der Waals surface area contributed by atoms with E-state index in [0.717, 1.165) is 12.0 Å². The Morgan fingerprint density at radius 1 is 1.22 bits per heavy atom. The molecule has 1 amide bonds. The molecule has 1 aromatic rings. The molecular weight excluding hydrogens is 365 g/mol. The van der Waals surface area contributed by atoms with Crippen LogP contribution in [0.15, 0.2) is 24.3 Å². The number of hydrogen-bond acceptors (Lipinski definition) is 4. The van der Waals surface area contributed by atoms with Gasteiger partial charge in [-0.1, -0.05) is 12.1 Å². The smallest absolute Gasteiger partial charge is 0.410 e. The van der Waals surface area contributed by atoms with Crippen molar-refractivity contribution in [1.29, 1.82) is 0 Å². The lowest BCUT2D eigenvalue weighted by molar-refractivity contribution is -0.230. The molecule has 1 saturated heterocycles. The van der Waals surface area contributed by atoms with E-state index in [1.54, 1.807) is 24.1 Å². The minimum absolute atomic E-state index is 0.326. The van der Waals surface area contributed by atoms with E-state index < -0.39 is 31.8 Å². The Labute approximate surface area is 162 Å². The fourth-order valence-corrected chi connectivity index (χ4v) is 4.81. The van der Waals surface area contributed by atoms with Crippen molar-refractivity contribution < 1.29 is 23.1 Å². The van der Waals surface area contributed by atoms with Gasteiger partial charge in [-0.25, -0.2) is 9.18 Å². The number of carbonyl (C=O) groups excluding carboxylic acids is 1. The third-order valence-electron chi connectivity index (χ3n) is 4.29. The van der Waals surface area contributed by atoms with Crippen LogP contribution in [0.25, 0.3) is 0 Å². The molecule has 1 aliphatic heterocycles. The largest absolute Gasteiger partial charge is 0.444 e. The summed E-state index contributed by atoms with van der Waals surface area (Å²) in [5.41, 5.74) is 0.152. The molecule has 0 saturated carbocycles. The summed E-state index contributed by atoms with van der Waals surface area (Å²) in [7, 11) is -0.406. The first kappa shape index (κ1) is 21.9. The molecule has 152 valence electrons. The van der Waals surface area contributed by atoms with Crippen LogP contribution in [0.5, 0.6) is 0 Å². The third-order valence-corrected chi connectivity index (χ3v) is 5.25. The molecule has 0 N–H and O–H groups in total. The van der Waals surface area contributed by atoms with Gasteiger partial charge in [-0.3, -0.25) is 4.90 Å². The lowest BCUT2D eigenvalue weighted by Gasteiger charge is -2.50. The number of hydrogen-bond donors (Lipinski definition) is 0.